The normalized spacial score (nSPS) is 10.5. The number of pyridine rings is 2. The molecule has 0 radical (unpaired) electrons. The van der Waals surface area contributed by atoms with Gasteiger partial charge in [0.25, 0.3) is 5.91 Å². The van der Waals surface area contributed by atoms with Crippen LogP contribution in [0.2, 0.25) is 0 Å². The summed E-state index contributed by atoms with van der Waals surface area (Å²) >= 11 is 0. The number of nitrogens with one attached hydrogen (secondary N) is 2. The number of anilines is 1. The van der Waals surface area contributed by atoms with E-state index in [-0.39, 0.29) is 5.91 Å². The van der Waals surface area contributed by atoms with E-state index < -0.39 is 0 Å². The minimum Gasteiger partial charge on any atom is -0.381 e. The van der Waals surface area contributed by atoms with E-state index in [1.54, 1.807) is 24.7 Å². The van der Waals surface area contributed by atoms with Crippen molar-refractivity contribution in [3.8, 4) is 0 Å². The highest BCUT2D eigenvalue weighted by atomic mass is 16.1. The van der Waals surface area contributed by atoms with Crippen LogP contribution >= 0.6 is 0 Å². The second-order valence-electron chi connectivity index (χ2n) is 5.58. The van der Waals surface area contributed by atoms with Gasteiger partial charge in [-0.3, -0.25) is 14.8 Å². The lowest BCUT2D eigenvalue weighted by atomic mass is 10.1. The Hall–Kier alpha value is -2.43. The third-order valence-corrected chi connectivity index (χ3v) is 3.25. The van der Waals surface area contributed by atoms with Gasteiger partial charge >= 0.3 is 0 Å². The monoisotopic (exact) mass is 298 g/mol. The maximum Gasteiger partial charge on any atom is 0.269 e. The first kappa shape index (κ1) is 15.9. The number of carbonyl (C=O) groups is 1. The van der Waals surface area contributed by atoms with E-state index in [9.17, 15) is 4.79 Å². The van der Waals surface area contributed by atoms with Crippen molar-refractivity contribution in [1.29, 1.82) is 0 Å². The van der Waals surface area contributed by atoms with E-state index in [0.29, 0.717) is 24.7 Å². The lowest BCUT2D eigenvalue weighted by molar-refractivity contribution is 0.0947. The molecule has 0 saturated heterocycles. The number of hydrogen-bond acceptors (Lipinski definition) is 4. The number of hydrogen-bond donors (Lipinski definition) is 2. The molecule has 2 heterocycles. The van der Waals surface area contributed by atoms with Crippen LogP contribution in [0.3, 0.4) is 0 Å². The Bertz CT molecular complexity index is 599. The van der Waals surface area contributed by atoms with Crippen LogP contribution < -0.4 is 10.6 Å². The molecular formula is C17H22N4O. The minimum absolute atomic E-state index is 0.131. The van der Waals surface area contributed by atoms with Gasteiger partial charge in [0.05, 0.1) is 0 Å². The van der Waals surface area contributed by atoms with Gasteiger partial charge in [0, 0.05) is 37.4 Å². The Kier molecular flexibility index (Phi) is 5.89. The van der Waals surface area contributed by atoms with Crippen molar-refractivity contribution in [2.75, 3.05) is 11.9 Å². The van der Waals surface area contributed by atoms with Gasteiger partial charge in [-0.05, 0) is 42.2 Å². The first-order chi connectivity index (χ1) is 10.6. The quantitative estimate of drug-likeness (QED) is 0.825. The van der Waals surface area contributed by atoms with E-state index in [1.165, 1.54) is 0 Å². The minimum atomic E-state index is -0.131. The molecule has 0 aliphatic heterocycles. The van der Waals surface area contributed by atoms with Gasteiger partial charge in [-0.25, -0.2) is 0 Å². The Morgan fingerprint density at radius 3 is 2.68 bits per heavy atom. The predicted molar refractivity (Wildman–Crippen MR) is 87.6 cm³/mol. The Labute approximate surface area is 131 Å². The summed E-state index contributed by atoms with van der Waals surface area (Å²) in [5.41, 5.74) is 2.44. The van der Waals surface area contributed by atoms with E-state index in [0.717, 1.165) is 17.7 Å². The van der Waals surface area contributed by atoms with E-state index in [2.05, 4.69) is 34.4 Å². The SMILES string of the molecule is CC(C)CCNC(=O)c1cc(NCc2ccncc2)ccn1. The highest BCUT2D eigenvalue weighted by molar-refractivity contribution is 5.93. The molecule has 0 aromatic carbocycles. The average molecular weight is 298 g/mol. The van der Waals surface area contributed by atoms with Crippen LogP contribution in [-0.4, -0.2) is 22.4 Å². The number of nitrogens with zero attached hydrogens (tertiary/aromatic N) is 2. The van der Waals surface area contributed by atoms with Crippen molar-refractivity contribution in [2.45, 2.75) is 26.8 Å². The van der Waals surface area contributed by atoms with Crippen LogP contribution in [0.5, 0.6) is 0 Å². The summed E-state index contributed by atoms with van der Waals surface area (Å²) in [5, 5.41) is 6.18. The summed E-state index contributed by atoms with van der Waals surface area (Å²) in [6.07, 6.45) is 6.13. The van der Waals surface area contributed by atoms with Crippen molar-refractivity contribution in [3.63, 3.8) is 0 Å². The molecule has 2 aromatic heterocycles. The number of amides is 1. The first-order valence-corrected chi connectivity index (χ1v) is 7.52. The van der Waals surface area contributed by atoms with Crippen LogP contribution in [0.4, 0.5) is 5.69 Å². The molecule has 0 bridgehead atoms. The molecule has 0 unspecified atom stereocenters. The van der Waals surface area contributed by atoms with Gasteiger partial charge in [0.15, 0.2) is 0 Å². The van der Waals surface area contributed by atoms with Crippen LogP contribution in [0.25, 0.3) is 0 Å². The number of carbonyl (C=O) groups excluding carboxylic acids is 1. The summed E-state index contributed by atoms with van der Waals surface area (Å²) in [4.78, 5) is 20.2. The molecule has 0 fully saturated rings. The van der Waals surface area contributed by atoms with Crippen LogP contribution in [0, 0.1) is 5.92 Å². The average Bonchev–Trinajstić information content (AvgIpc) is 2.54. The van der Waals surface area contributed by atoms with Gasteiger partial charge in [0.1, 0.15) is 5.69 Å². The van der Waals surface area contributed by atoms with Crippen LogP contribution in [0.1, 0.15) is 36.3 Å². The van der Waals surface area contributed by atoms with Crippen molar-refractivity contribution in [3.05, 3.63) is 54.1 Å². The molecule has 0 aliphatic carbocycles. The van der Waals surface area contributed by atoms with Crippen molar-refractivity contribution < 1.29 is 4.79 Å². The highest BCUT2D eigenvalue weighted by Gasteiger charge is 2.07. The second-order valence-corrected chi connectivity index (χ2v) is 5.58. The van der Waals surface area contributed by atoms with Gasteiger partial charge in [-0.2, -0.15) is 0 Å². The van der Waals surface area contributed by atoms with Gasteiger partial charge in [-0.15, -0.1) is 0 Å². The number of rotatable bonds is 7. The molecule has 1 amide bonds. The standard InChI is InChI=1S/C17H22N4O/c1-13(2)3-9-20-17(22)16-11-15(6-10-19-16)21-12-14-4-7-18-8-5-14/h4-8,10-11,13H,3,9,12H2,1-2H3,(H,19,21)(H,20,22). The zero-order valence-corrected chi connectivity index (χ0v) is 13.0. The van der Waals surface area contributed by atoms with E-state index in [1.807, 2.05) is 18.2 Å². The Morgan fingerprint density at radius 2 is 1.95 bits per heavy atom. The van der Waals surface area contributed by atoms with Crippen molar-refractivity contribution in [1.82, 2.24) is 15.3 Å². The maximum absolute atomic E-state index is 12.0. The molecule has 2 rings (SSSR count). The molecule has 2 aromatic rings. The largest absolute Gasteiger partial charge is 0.381 e. The van der Waals surface area contributed by atoms with Gasteiger partial charge in [-0.1, -0.05) is 13.8 Å². The molecule has 0 spiro atoms. The zero-order valence-electron chi connectivity index (χ0n) is 13.0. The number of aromatic nitrogens is 2. The summed E-state index contributed by atoms with van der Waals surface area (Å²) < 4.78 is 0. The van der Waals surface area contributed by atoms with Gasteiger partial charge < -0.3 is 10.6 Å². The lowest BCUT2D eigenvalue weighted by Crippen LogP contribution is -2.26. The Morgan fingerprint density at radius 1 is 1.18 bits per heavy atom. The fourth-order valence-electron chi connectivity index (χ4n) is 1.93. The molecule has 0 atom stereocenters. The zero-order chi connectivity index (χ0) is 15.8. The molecule has 5 heteroatoms. The Balaban J connectivity index is 1.90. The summed E-state index contributed by atoms with van der Waals surface area (Å²) in [5.74, 6) is 0.440. The summed E-state index contributed by atoms with van der Waals surface area (Å²) in [6, 6.07) is 7.53. The lowest BCUT2D eigenvalue weighted by Gasteiger charge is -2.09. The fourth-order valence-corrected chi connectivity index (χ4v) is 1.93. The molecule has 5 nitrogen and oxygen atoms in total. The van der Waals surface area contributed by atoms with Crippen LogP contribution in [0.15, 0.2) is 42.9 Å². The molecule has 0 aliphatic rings. The molecular weight excluding hydrogens is 276 g/mol. The smallest absolute Gasteiger partial charge is 0.269 e. The second kappa shape index (κ2) is 8.12. The molecule has 0 saturated carbocycles. The maximum atomic E-state index is 12.0. The summed E-state index contributed by atoms with van der Waals surface area (Å²) in [6.45, 7) is 5.62. The predicted octanol–water partition coefficient (Wildman–Crippen LogP) is 2.86. The first-order valence-electron chi connectivity index (χ1n) is 7.52. The molecule has 2 N–H and O–H groups in total. The highest BCUT2D eigenvalue weighted by Crippen LogP contribution is 2.10. The van der Waals surface area contributed by atoms with Gasteiger partial charge in [0.2, 0.25) is 0 Å². The van der Waals surface area contributed by atoms with E-state index >= 15 is 0 Å². The molecule has 116 valence electrons. The van der Waals surface area contributed by atoms with E-state index in [4.69, 9.17) is 0 Å². The third kappa shape index (κ3) is 5.16. The van der Waals surface area contributed by atoms with Crippen molar-refractivity contribution in [2.24, 2.45) is 5.92 Å². The summed E-state index contributed by atoms with van der Waals surface area (Å²) in [7, 11) is 0. The fraction of sp³-hybridized carbons (Fsp3) is 0.353. The topological polar surface area (TPSA) is 66.9 Å². The molecule has 22 heavy (non-hydrogen) atoms. The van der Waals surface area contributed by atoms with Crippen molar-refractivity contribution >= 4 is 11.6 Å². The third-order valence-electron chi connectivity index (χ3n) is 3.25. The van der Waals surface area contributed by atoms with Crippen LogP contribution in [-0.2, 0) is 6.54 Å².